The molecule has 1 aliphatic carbocycles. The van der Waals surface area contributed by atoms with Gasteiger partial charge in [-0.3, -0.25) is 28.7 Å². The van der Waals surface area contributed by atoms with E-state index in [0.717, 1.165) is 30.5 Å². The second-order valence-corrected chi connectivity index (χ2v) is 10.9. The van der Waals surface area contributed by atoms with Gasteiger partial charge in [0.15, 0.2) is 5.78 Å². The van der Waals surface area contributed by atoms with Crippen LogP contribution in [0.25, 0.3) is 10.9 Å². The molecule has 1 aliphatic heterocycles. The van der Waals surface area contributed by atoms with Gasteiger partial charge in [0, 0.05) is 35.7 Å². The van der Waals surface area contributed by atoms with Crippen LogP contribution in [-0.2, 0) is 29.1 Å². The van der Waals surface area contributed by atoms with Crippen LogP contribution >= 0.6 is 0 Å². The van der Waals surface area contributed by atoms with Gasteiger partial charge in [0.2, 0.25) is 11.8 Å². The number of amides is 2. The number of fused-ring (bicyclic) bond motifs is 2. The smallest absolute Gasteiger partial charge is 0.248 e. The third-order valence-electron chi connectivity index (χ3n) is 8.00. The van der Waals surface area contributed by atoms with E-state index in [1.165, 1.54) is 17.9 Å². The number of aryl methyl sites for hydroxylation is 2. The first-order valence-electron chi connectivity index (χ1n) is 13.5. The minimum absolute atomic E-state index is 0.112. The van der Waals surface area contributed by atoms with Crippen molar-refractivity contribution in [1.29, 1.82) is 0 Å². The summed E-state index contributed by atoms with van der Waals surface area (Å²) in [5, 5.41) is 12.4. The van der Waals surface area contributed by atoms with Crippen molar-refractivity contribution in [1.82, 2.24) is 39.4 Å². The van der Waals surface area contributed by atoms with E-state index in [1.54, 1.807) is 34.4 Å². The Morgan fingerprint density at radius 3 is 2.75 bits per heavy atom. The predicted octanol–water partition coefficient (Wildman–Crippen LogP) is 2.58. The van der Waals surface area contributed by atoms with E-state index < -0.39 is 6.04 Å². The highest BCUT2D eigenvalue weighted by Gasteiger charge is 2.67. The van der Waals surface area contributed by atoms with E-state index in [2.05, 4.69) is 37.4 Å². The number of nitrogens with one attached hydrogen (secondary N) is 1. The molecule has 40 heavy (non-hydrogen) atoms. The molecule has 2 fully saturated rings. The second-order valence-electron chi connectivity index (χ2n) is 10.9. The fraction of sp³-hybridized carbons (Fsp3) is 0.429. The molecule has 4 aromatic rings. The number of nitrogens with zero attached hydrogens (tertiary/aromatic N) is 8. The molecule has 3 atom stereocenters. The summed E-state index contributed by atoms with van der Waals surface area (Å²) in [6.07, 6.45) is 9.31. The Hall–Kier alpha value is -4.48. The molecule has 0 unspecified atom stereocenters. The van der Waals surface area contributed by atoms with E-state index in [1.807, 2.05) is 19.1 Å². The zero-order valence-electron chi connectivity index (χ0n) is 22.7. The van der Waals surface area contributed by atoms with Crippen LogP contribution < -0.4 is 5.32 Å². The van der Waals surface area contributed by atoms with Gasteiger partial charge in [0.25, 0.3) is 0 Å². The molecule has 1 saturated carbocycles. The van der Waals surface area contributed by atoms with Crippen molar-refractivity contribution in [2.75, 3.05) is 5.32 Å². The molecule has 0 aromatic carbocycles. The molecule has 12 heteroatoms. The summed E-state index contributed by atoms with van der Waals surface area (Å²) in [6.45, 7) is 5.87. The fourth-order valence-electron chi connectivity index (χ4n) is 6.05. The number of aromatic nitrogens is 7. The highest BCUT2D eigenvalue weighted by molar-refractivity contribution is 6.05. The number of ketones is 1. The first-order valence-corrected chi connectivity index (χ1v) is 13.5. The molecule has 0 radical (unpaired) electrons. The van der Waals surface area contributed by atoms with Crippen LogP contribution in [0.5, 0.6) is 0 Å². The van der Waals surface area contributed by atoms with Crippen molar-refractivity contribution in [2.24, 2.45) is 5.41 Å². The monoisotopic (exact) mass is 541 g/mol. The lowest BCUT2D eigenvalue weighted by molar-refractivity contribution is -0.138. The lowest BCUT2D eigenvalue weighted by Gasteiger charge is -2.27. The van der Waals surface area contributed by atoms with E-state index in [9.17, 15) is 14.4 Å². The SMILES string of the molecule is CCCc1ccc(C)nc1NC(=O)[C@@H]1C[C@@]2(Cn3cncn3)C[C@H]2N1C(=O)Cn1nc(C(C)=O)c2ccncc21. The van der Waals surface area contributed by atoms with Gasteiger partial charge < -0.3 is 10.2 Å². The summed E-state index contributed by atoms with van der Waals surface area (Å²) in [5.41, 5.74) is 2.39. The molecule has 6 rings (SSSR count). The Labute approximate surface area is 230 Å². The minimum atomic E-state index is -0.682. The number of rotatable bonds is 9. The minimum Gasteiger partial charge on any atom is -0.325 e. The molecule has 206 valence electrons. The Bertz CT molecular complexity index is 1610. The maximum absolute atomic E-state index is 13.9. The molecule has 2 aliphatic rings. The number of carbonyl (C=O) groups is 3. The van der Waals surface area contributed by atoms with E-state index in [4.69, 9.17) is 0 Å². The molecule has 1 N–H and O–H groups in total. The van der Waals surface area contributed by atoms with Crippen molar-refractivity contribution < 1.29 is 14.4 Å². The summed E-state index contributed by atoms with van der Waals surface area (Å²) < 4.78 is 3.27. The molecule has 4 aromatic heterocycles. The van der Waals surface area contributed by atoms with Crippen molar-refractivity contribution in [3.8, 4) is 0 Å². The van der Waals surface area contributed by atoms with Crippen LogP contribution in [0.4, 0.5) is 5.82 Å². The lowest BCUT2D eigenvalue weighted by atomic mass is 9.99. The average Bonchev–Trinajstić information content (AvgIpc) is 3.26. The summed E-state index contributed by atoms with van der Waals surface area (Å²) in [5.74, 6) is -0.147. The Morgan fingerprint density at radius 1 is 1.15 bits per heavy atom. The van der Waals surface area contributed by atoms with Crippen molar-refractivity contribution in [3.05, 3.63) is 60.2 Å². The summed E-state index contributed by atoms with van der Waals surface area (Å²) in [7, 11) is 0. The number of hydrogen-bond donors (Lipinski definition) is 1. The van der Waals surface area contributed by atoms with Crippen LogP contribution in [0, 0.1) is 12.3 Å². The average molecular weight is 542 g/mol. The Morgan fingerprint density at radius 2 is 2.00 bits per heavy atom. The zero-order valence-corrected chi connectivity index (χ0v) is 22.7. The normalized spacial score (nSPS) is 21.4. The van der Waals surface area contributed by atoms with E-state index in [-0.39, 0.29) is 35.6 Å². The number of hydrogen-bond acceptors (Lipinski definition) is 8. The van der Waals surface area contributed by atoms with Gasteiger partial charge in [-0.15, -0.1) is 0 Å². The highest BCUT2D eigenvalue weighted by atomic mass is 16.2. The number of carbonyl (C=O) groups excluding carboxylic acids is 3. The maximum Gasteiger partial charge on any atom is 0.248 e. The molecule has 12 nitrogen and oxygen atoms in total. The molecule has 5 heterocycles. The second kappa shape index (κ2) is 9.92. The van der Waals surface area contributed by atoms with Crippen LogP contribution in [0.2, 0.25) is 0 Å². The quantitative estimate of drug-likeness (QED) is 0.319. The number of pyridine rings is 2. The molecule has 0 spiro atoms. The van der Waals surface area contributed by atoms with Gasteiger partial charge in [-0.1, -0.05) is 19.4 Å². The standard InChI is InChI=1S/C28H31N9O3/c1-4-5-19-7-6-17(2)32-26(19)33-27(40)21-10-28(14-35-16-30-15-31-35)11-23(28)37(21)24(39)13-36-22-12-29-9-8-20(22)25(34-36)18(3)38/h6-9,12,15-16,21,23H,4-5,10-11,13-14H2,1-3H3,(H,32,33,40)/t21-,23+,28-/m0/s1. The lowest BCUT2D eigenvalue weighted by Crippen LogP contribution is -2.47. The maximum atomic E-state index is 13.9. The molecular formula is C28H31N9O3. The highest BCUT2D eigenvalue weighted by Crippen LogP contribution is 2.60. The zero-order chi connectivity index (χ0) is 28.0. The summed E-state index contributed by atoms with van der Waals surface area (Å²) in [4.78, 5) is 54.5. The number of Topliss-reactive ketones (excluding diaryl/α,β-unsaturated/α-hetero) is 1. The molecule has 1 saturated heterocycles. The van der Waals surface area contributed by atoms with Crippen molar-refractivity contribution in [3.63, 3.8) is 0 Å². The number of piperidine rings is 1. The predicted molar refractivity (Wildman–Crippen MR) is 145 cm³/mol. The molecule has 0 bridgehead atoms. The van der Waals surface area contributed by atoms with Gasteiger partial charge in [-0.25, -0.2) is 9.97 Å². The first kappa shape index (κ1) is 25.8. The summed E-state index contributed by atoms with van der Waals surface area (Å²) in [6, 6.07) is 4.85. The first-order chi connectivity index (χ1) is 19.3. The van der Waals surface area contributed by atoms with E-state index in [0.29, 0.717) is 35.4 Å². The number of anilines is 1. The Kier molecular flexibility index (Phi) is 6.40. The Balaban J connectivity index is 1.30. The summed E-state index contributed by atoms with van der Waals surface area (Å²) >= 11 is 0. The topological polar surface area (TPSA) is 141 Å². The van der Waals surface area contributed by atoms with Crippen LogP contribution in [0.1, 0.15) is 54.9 Å². The largest absolute Gasteiger partial charge is 0.325 e. The van der Waals surface area contributed by atoms with Gasteiger partial charge in [-0.2, -0.15) is 10.2 Å². The third kappa shape index (κ3) is 4.52. The third-order valence-corrected chi connectivity index (χ3v) is 8.00. The molecular weight excluding hydrogens is 510 g/mol. The van der Waals surface area contributed by atoms with E-state index >= 15 is 0 Å². The van der Waals surface area contributed by atoms with Crippen LogP contribution in [-0.4, -0.2) is 69.1 Å². The van der Waals surface area contributed by atoms with Crippen LogP contribution in [0.3, 0.4) is 0 Å². The van der Waals surface area contributed by atoms with Gasteiger partial charge in [0.05, 0.1) is 18.3 Å². The van der Waals surface area contributed by atoms with Gasteiger partial charge in [-0.05, 0) is 43.9 Å². The fourth-order valence-corrected chi connectivity index (χ4v) is 6.05. The van der Waals surface area contributed by atoms with Gasteiger partial charge in [0.1, 0.15) is 36.8 Å². The van der Waals surface area contributed by atoms with Gasteiger partial charge >= 0.3 is 0 Å². The van der Waals surface area contributed by atoms with Crippen molar-refractivity contribution >= 4 is 34.3 Å². The van der Waals surface area contributed by atoms with Crippen LogP contribution in [0.15, 0.2) is 43.2 Å². The van der Waals surface area contributed by atoms with Crippen molar-refractivity contribution in [2.45, 2.75) is 71.6 Å². The number of likely N-dealkylation sites (tertiary alicyclic amines) is 1. The molecule has 2 amide bonds.